The van der Waals surface area contributed by atoms with Crippen LogP contribution in [0.25, 0.3) is 0 Å². The van der Waals surface area contributed by atoms with E-state index < -0.39 is 8.25 Å². The van der Waals surface area contributed by atoms with Gasteiger partial charge in [0.15, 0.2) is 0 Å². The summed E-state index contributed by atoms with van der Waals surface area (Å²) in [5.41, 5.74) is 0. The summed E-state index contributed by atoms with van der Waals surface area (Å²) in [4.78, 5) is 8.24. The van der Waals surface area contributed by atoms with Gasteiger partial charge in [0, 0.05) is 10.6 Å². The zero-order valence-electron chi connectivity index (χ0n) is 6.56. The molecule has 4 nitrogen and oxygen atoms in total. The molecule has 0 saturated carbocycles. The van der Waals surface area contributed by atoms with Gasteiger partial charge in [-0.15, -0.1) is 9.42 Å². The minimum Gasteiger partial charge on any atom is -0.383 e. The molecule has 2 radical (unpaired) electrons. The van der Waals surface area contributed by atoms with Crippen LogP contribution in [-0.4, -0.2) is 31.5 Å². The van der Waals surface area contributed by atoms with Crippen LogP contribution in [0, 0.1) is 0 Å². The lowest BCUT2D eigenvalue weighted by Crippen LogP contribution is -2.20. The molecule has 0 rings (SSSR count). The number of hydrogen-bond acceptors (Lipinski definition) is 3. The maximum absolute atomic E-state index is 10.0. The molecule has 0 bridgehead atoms. The Balaban J connectivity index is 3.37. The first-order chi connectivity index (χ1) is 5.02. The first-order valence-corrected chi connectivity index (χ1v) is 4.35. The molecule has 11 heavy (non-hydrogen) atoms. The van der Waals surface area contributed by atoms with Crippen molar-refractivity contribution in [2.75, 3.05) is 6.61 Å². The molecular weight excluding hydrogens is 166 g/mol. The normalized spacial score (nSPS) is 17.5. The Morgan fingerprint density at radius 2 is 2.18 bits per heavy atom. The second-order valence-electron chi connectivity index (χ2n) is 2.19. The van der Waals surface area contributed by atoms with Crippen LogP contribution in [0.3, 0.4) is 0 Å². The molecule has 1 unspecified atom stereocenters. The molecular formula is C5H11BO4P+. The van der Waals surface area contributed by atoms with Crippen molar-refractivity contribution in [1.29, 1.82) is 0 Å². The molecule has 0 aliphatic heterocycles. The highest BCUT2D eigenvalue weighted by Gasteiger charge is 2.15. The fraction of sp³-hybridized carbons (Fsp3) is 1.00. The topological polar surface area (TPSA) is 55.8 Å². The van der Waals surface area contributed by atoms with E-state index in [2.05, 4.69) is 4.52 Å². The fourth-order valence-electron chi connectivity index (χ4n) is 0.574. The summed E-state index contributed by atoms with van der Waals surface area (Å²) < 4.78 is 19.4. The molecule has 0 fully saturated rings. The molecule has 3 atom stereocenters. The third-order valence-electron chi connectivity index (χ3n) is 0.867. The number of hydrogen-bond donors (Lipinski definition) is 1. The molecule has 0 amide bonds. The van der Waals surface area contributed by atoms with E-state index in [4.69, 9.17) is 17.5 Å². The third kappa shape index (κ3) is 7.95. The zero-order chi connectivity index (χ0) is 8.85. The highest BCUT2D eigenvalue weighted by Crippen LogP contribution is 2.15. The quantitative estimate of drug-likeness (QED) is 0.492. The predicted octanol–water partition coefficient (Wildman–Crippen LogP) is 0.572. The summed E-state index contributed by atoms with van der Waals surface area (Å²) in [7, 11) is 2.76. The smallest absolute Gasteiger partial charge is 0.383 e. The van der Waals surface area contributed by atoms with Crippen LogP contribution < -0.4 is 0 Å². The standard InChI is InChI=1S/C5H10BO4P/c1-4(10-5(2)6)3-9-11(7)8/h4-5H,3H2,1-2H3/p+1/t4-,5+/m0/s1. The van der Waals surface area contributed by atoms with E-state index in [9.17, 15) is 4.57 Å². The van der Waals surface area contributed by atoms with E-state index >= 15 is 0 Å². The first kappa shape index (κ1) is 11.0. The average molecular weight is 177 g/mol. The molecule has 0 aromatic rings. The summed E-state index contributed by atoms with van der Waals surface area (Å²) in [6.07, 6.45) is -0.263. The Labute approximate surface area is 68.3 Å². The van der Waals surface area contributed by atoms with Gasteiger partial charge in [0.25, 0.3) is 0 Å². The third-order valence-corrected chi connectivity index (χ3v) is 1.24. The van der Waals surface area contributed by atoms with Crippen molar-refractivity contribution in [2.45, 2.75) is 26.0 Å². The molecule has 0 aliphatic rings. The van der Waals surface area contributed by atoms with Crippen molar-refractivity contribution >= 4 is 16.1 Å². The molecule has 0 heterocycles. The van der Waals surface area contributed by atoms with E-state index in [1.54, 1.807) is 13.8 Å². The maximum Gasteiger partial charge on any atom is 0.694 e. The summed E-state index contributed by atoms with van der Waals surface area (Å²) in [6.45, 7) is 3.46. The monoisotopic (exact) mass is 177 g/mol. The van der Waals surface area contributed by atoms with Crippen molar-refractivity contribution in [3.8, 4) is 0 Å². The van der Waals surface area contributed by atoms with Crippen LogP contribution in [-0.2, 0) is 13.8 Å². The lowest BCUT2D eigenvalue weighted by atomic mass is 10.0. The van der Waals surface area contributed by atoms with Crippen LogP contribution in [0.4, 0.5) is 0 Å². The summed E-state index contributed by atoms with van der Waals surface area (Å²) in [6, 6.07) is -0.384. The Hall–Kier alpha value is 0.0449. The van der Waals surface area contributed by atoms with Gasteiger partial charge in [-0.3, -0.25) is 0 Å². The van der Waals surface area contributed by atoms with Gasteiger partial charge in [-0.1, -0.05) is 0 Å². The Morgan fingerprint density at radius 3 is 2.55 bits per heavy atom. The van der Waals surface area contributed by atoms with Crippen molar-refractivity contribution < 1.29 is 18.7 Å². The van der Waals surface area contributed by atoms with Gasteiger partial charge in [-0.2, -0.15) is 0 Å². The van der Waals surface area contributed by atoms with Crippen molar-refractivity contribution in [1.82, 2.24) is 0 Å². The van der Waals surface area contributed by atoms with E-state index in [1.165, 1.54) is 0 Å². The van der Waals surface area contributed by atoms with Gasteiger partial charge in [0.1, 0.15) is 14.5 Å². The molecule has 6 heteroatoms. The molecule has 0 aliphatic carbocycles. The molecule has 0 aromatic carbocycles. The Kier molecular flexibility index (Phi) is 5.69. The zero-order valence-corrected chi connectivity index (χ0v) is 7.45. The largest absolute Gasteiger partial charge is 0.694 e. The van der Waals surface area contributed by atoms with Gasteiger partial charge in [0.05, 0.1) is 6.10 Å². The fourth-order valence-corrected chi connectivity index (χ4v) is 0.912. The molecule has 62 valence electrons. The minimum atomic E-state index is -2.53. The average Bonchev–Trinajstić information content (AvgIpc) is 1.82. The van der Waals surface area contributed by atoms with Crippen molar-refractivity contribution in [3.63, 3.8) is 0 Å². The van der Waals surface area contributed by atoms with E-state index in [0.29, 0.717) is 0 Å². The molecule has 0 spiro atoms. The summed E-state index contributed by atoms with van der Waals surface area (Å²) in [5.74, 6) is 0. The number of ether oxygens (including phenoxy) is 1. The van der Waals surface area contributed by atoms with Crippen LogP contribution in [0.15, 0.2) is 0 Å². The SMILES string of the molecule is [B][C@@H](C)O[C@@H](C)CO[P+](=O)O. The lowest BCUT2D eigenvalue weighted by Gasteiger charge is -2.12. The van der Waals surface area contributed by atoms with E-state index in [0.717, 1.165) is 0 Å². The Bertz CT molecular complexity index is 130. The summed E-state index contributed by atoms with van der Waals surface area (Å²) >= 11 is 0. The van der Waals surface area contributed by atoms with Gasteiger partial charge in [0.2, 0.25) is 0 Å². The summed E-state index contributed by atoms with van der Waals surface area (Å²) in [5, 5.41) is 0. The van der Waals surface area contributed by atoms with Crippen LogP contribution in [0.5, 0.6) is 0 Å². The van der Waals surface area contributed by atoms with Gasteiger partial charge in [-0.05, 0) is 13.8 Å². The molecule has 0 saturated heterocycles. The predicted molar refractivity (Wildman–Crippen MR) is 41.5 cm³/mol. The minimum absolute atomic E-state index is 0.0766. The van der Waals surface area contributed by atoms with E-state index in [1.807, 2.05) is 0 Å². The second kappa shape index (κ2) is 5.66. The second-order valence-corrected chi connectivity index (χ2v) is 2.92. The Morgan fingerprint density at radius 1 is 1.64 bits per heavy atom. The highest BCUT2D eigenvalue weighted by atomic mass is 31.1. The van der Waals surface area contributed by atoms with Crippen molar-refractivity contribution in [2.24, 2.45) is 0 Å². The van der Waals surface area contributed by atoms with E-state index in [-0.39, 0.29) is 18.7 Å². The van der Waals surface area contributed by atoms with Crippen LogP contribution in [0.1, 0.15) is 13.8 Å². The van der Waals surface area contributed by atoms with Crippen LogP contribution >= 0.6 is 8.25 Å². The van der Waals surface area contributed by atoms with Gasteiger partial charge < -0.3 is 4.74 Å². The maximum atomic E-state index is 10.0. The molecule has 1 N–H and O–H groups in total. The van der Waals surface area contributed by atoms with Crippen molar-refractivity contribution in [3.05, 3.63) is 0 Å². The number of rotatable bonds is 5. The lowest BCUT2D eigenvalue weighted by molar-refractivity contribution is 0.0199. The molecule has 0 aromatic heterocycles. The van der Waals surface area contributed by atoms with Crippen LogP contribution in [0.2, 0.25) is 0 Å². The van der Waals surface area contributed by atoms with Gasteiger partial charge >= 0.3 is 8.25 Å². The first-order valence-electron chi connectivity index (χ1n) is 3.22. The highest BCUT2D eigenvalue weighted by molar-refractivity contribution is 7.32. The van der Waals surface area contributed by atoms with Gasteiger partial charge in [-0.25, -0.2) is 0 Å².